The molecule has 0 saturated carbocycles. The Morgan fingerprint density at radius 1 is 1.00 bits per heavy atom. The number of benzene rings is 2. The van der Waals surface area contributed by atoms with Crippen LogP contribution in [0.25, 0.3) is 0 Å². The first-order valence-corrected chi connectivity index (χ1v) is 9.05. The van der Waals surface area contributed by atoms with Crippen molar-refractivity contribution in [1.82, 2.24) is 0 Å². The average Bonchev–Trinajstić information content (AvgIpc) is 2.54. The van der Waals surface area contributed by atoms with Gasteiger partial charge in [-0.25, -0.2) is 0 Å². The Morgan fingerprint density at radius 3 is 2.15 bits per heavy atom. The van der Waals surface area contributed by atoms with Crippen LogP contribution in [0.1, 0.15) is 30.0 Å². The molecule has 0 aliphatic carbocycles. The molecule has 0 aliphatic heterocycles. The fourth-order valence-electron chi connectivity index (χ4n) is 2.91. The van der Waals surface area contributed by atoms with Crippen molar-refractivity contribution in [1.29, 1.82) is 0 Å². The maximum Gasteiger partial charge on any atom is 0.226 e. The smallest absolute Gasteiger partial charge is 0.226 e. The van der Waals surface area contributed by atoms with Crippen molar-refractivity contribution in [2.75, 3.05) is 16.8 Å². The van der Waals surface area contributed by atoms with Crippen molar-refractivity contribution in [3.05, 3.63) is 57.1 Å². The molecule has 2 amide bonds. The van der Waals surface area contributed by atoms with Gasteiger partial charge in [0.15, 0.2) is 0 Å². The largest absolute Gasteiger partial charge is 0.326 e. The normalized spacial score (nSPS) is 10.5. The van der Waals surface area contributed by atoms with Gasteiger partial charge in [-0.15, -0.1) is 0 Å². The van der Waals surface area contributed by atoms with Crippen LogP contribution in [0.5, 0.6) is 0 Å². The fourth-order valence-corrected chi connectivity index (χ4v) is 3.21. The van der Waals surface area contributed by atoms with E-state index in [-0.39, 0.29) is 24.8 Å². The van der Waals surface area contributed by atoms with Crippen molar-refractivity contribution in [2.45, 2.75) is 34.1 Å². The number of nitrogens with zero attached hydrogens (tertiary/aromatic N) is 1. The van der Waals surface area contributed by atoms with Crippen LogP contribution in [0.15, 0.2) is 30.3 Å². The highest BCUT2D eigenvalue weighted by atomic mass is 35.5. The van der Waals surface area contributed by atoms with Gasteiger partial charge in [-0.05, 0) is 50.1 Å². The molecule has 2 aromatic rings. The van der Waals surface area contributed by atoms with E-state index >= 15 is 0 Å². The molecule has 4 nitrogen and oxygen atoms in total. The van der Waals surface area contributed by atoms with Crippen molar-refractivity contribution in [3.8, 4) is 0 Å². The van der Waals surface area contributed by atoms with Crippen LogP contribution in [0.2, 0.25) is 10.0 Å². The molecule has 0 aliphatic rings. The summed E-state index contributed by atoms with van der Waals surface area (Å²) in [5.41, 5.74) is 4.62. The third-order valence-corrected chi connectivity index (χ3v) is 4.84. The standard InChI is InChI=1S/C20H22Cl2N2O2/c1-12-9-13(2)20(14(3)10-12)23-19(26)7-8-24(15(4)25)16-5-6-17(21)18(22)11-16/h5-6,9-11H,7-8H2,1-4H3,(H,23,26). The number of nitrogens with one attached hydrogen (secondary N) is 1. The van der Waals surface area contributed by atoms with Gasteiger partial charge in [0.1, 0.15) is 0 Å². The summed E-state index contributed by atoms with van der Waals surface area (Å²) >= 11 is 12.0. The average molecular weight is 393 g/mol. The molecule has 1 N–H and O–H groups in total. The van der Waals surface area contributed by atoms with Crippen molar-refractivity contribution in [3.63, 3.8) is 0 Å². The zero-order valence-corrected chi connectivity index (χ0v) is 16.8. The van der Waals surface area contributed by atoms with E-state index in [4.69, 9.17) is 23.2 Å². The second-order valence-electron chi connectivity index (χ2n) is 6.34. The molecule has 0 fully saturated rings. The van der Waals surface area contributed by atoms with Gasteiger partial charge in [-0.2, -0.15) is 0 Å². The van der Waals surface area contributed by atoms with Gasteiger partial charge in [0, 0.05) is 31.3 Å². The molecular weight excluding hydrogens is 371 g/mol. The monoisotopic (exact) mass is 392 g/mol. The minimum Gasteiger partial charge on any atom is -0.326 e. The second-order valence-corrected chi connectivity index (χ2v) is 7.16. The second kappa shape index (κ2) is 8.56. The first-order chi connectivity index (χ1) is 12.2. The molecular formula is C20H22Cl2N2O2. The number of carbonyl (C=O) groups is 2. The molecule has 0 bridgehead atoms. The van der Waals surface area contributed by atoms with Crippen LogP contribution >= 0.6 is 23.2 Å². The van der Waals surface area contributed by atoms with E-state index < -0.39 is 0 Å². The number of aryl methyl sites for hydroxylation is 3. The number of halogens is 2. The van der Waals surface area contributed by atoms with Crippen LogP contribution in [-0.4, -0.2) is 18.4 Å². The van der Waals surface area contributed by atoms with Crippen LogP contribution in [0.3, 0.4) is 0 Å². The van der Waals surface area contributed by atoms with E-state index in [1.54, 1.807) is 18.2 Å². The molecule has 0 heterocycles. The van der Waals surface area contributed by atoms with Gasteiger partial charge in [0.25, 0.3) is 0 Å². The van der Waals surface area contributed by atoms with Crippen molar-refractivity contribution < 1.29 is 9.59 Å². The zero-order chi connectivity index (χ0) is 19.4. The minimum atomic E-state index is -0.168. The number of carbonyl (C=O) groups excluding carboxylic acids is 2. The van der Waals surface area contributed by atoms with Gasteiger partial charge >= 0.3 is 0 Å². The van der Waals surface area contributed by atoms with Crippen LogP contribution in [0, 0.1) is 20.8 Å². The predicted octanol–water partition coefficient (Wildman–Crippen LogP) is 5.30. The summed E-state index contributed by atoms with van der Waals surface area (Å²) in [5, 5.41) is 3.73. The highest BCUT2D eigenvalue weighted by molar-refractivity contribution is 6.42. The minimum absolute atomic E-state index is 0.147. The molecule has 0 aromatic heterocycles. The number of hydrogen-bond donors (Lipinski definition) is 1. The number of amides is 2. The predicted molar refractivity (Wildman–Crippen MR) is 108 cm³/mol. The van der Waals surface area contributed by atoms with Crippen molar-refractivity contribution in [2.24, 2.45) is 0 Å². The Bertz CT molecular complexity index is 827. The topological polar surface area (TPSA) is 49.4 Å². The molecule has 0 radical (unpaired) electrons. The molecule has 0 spiro atoms. The number of anilines is 2. The molecule has 0 saturated heterocycles. The summed E-state index contributed by atoms with van der Waals surface area (Å²) < 4.78 is 0. The number of rotatable bonds is 5. The Kier molecular flexibility index (Phi) is 6.68. The molecule has 0 atom stereocenters. The van der Waals surface area contributed by atoms with Gasteiger partial charge < -0.3 is 10.2 Å². The summed E-state index contributed by atoms with van der Waals surface area (Å²) in [7, 11) is 0. The van der Waals surface area contributed by atoms with Gasteiger partial charge in [0.2, 0.25) is 11.8 Å². The fraction of sp³-hybridized carbons (Fsp3) is 0.300. The lowest BCUT2D eigenvalue weighted by atomic mass is 10.0. The molecule has 0 unspecified atom stereocenters. The Balaban J connectivity index is 2.08. The first kappa shape index (κ1) is 20.3. The SMILES string of the molecule is CC(=O)N(CCC(=O)Nc1c(C)cc(C)cc1C)c1ccc(Cl)c(Cl)c1. The molecule has 2 aromatic carbocycles. The maximum atomic E-state index is 12.4. The third kappa shape index (κ3) is 4.99. The van der Waals surface area contributed by atoms with E-state index in [0.29, 0.717) is 15.7 Å². The zero-order valence-electron chi connectivity index (χ0n) is 15.3. The quantitative estimate of drug-likeness (QED) is 0.749. The number of hydrogen-bond acceptors (Lipinski definition) is 2. The first-order valence-electron chi connectivity index (χ1n) is 8.30. The van der Waals surface area contributed by atoms with Crippen LogP contribution in [-0.2, 0) is 9.59 Å². The van der Waals surface area contributed by atoms with E-state index in [0.717, 1.165) is 22.4 Å². The van der Waals surface area contributed by atoms with E-state index in [2.05, 4.69) is 5.32 Å². The lowest BCUT2D eigenvalue weighted by Crippen LogP contribution is -2.32. The lowest BCUT2D eigenvalue weighted by molar-refractivity contribution is -0.117. The van der Waals surface area contributed by atoms with Gasteiger partial charge in [-0.1, -0.05) is 40.9 Å². The van der Waals surface area contributed by atoms with Gasteiger partial charge in [-0.3, -0.25) is 9.59 Å². The summed E-state index contributed by atoms with van der Waals surface area (Å²) in [6.45, 7) is 7.66. The van der Waals surface area contributed by atoms with Gasteiger partial charge in [0.05, 0.1) is 10.0 Å². The highest BCUT2D eigenvalue weighted by Gasteiger charge is 2.15. The summed E-state index contributed by atoms with van der Waals surface area (Å²) in [6, 6.07) is 9.02. The third-order valence-electron chi connectivity index (χ3n) is 4.10. The summed E-state index contributed by atoms with van der Waals surface area (Å²) in [4.78, 5) is 25.9. The highest BCUT2D eigenvalue weighted by Crippen LogP contribution is 2.27. The van der Waals surface area contributed by atoms with Crippen LogP contribution in [0.4, 0.5) is 11.4 Å². The molecule has 6 heteroatoms. The molecule has 2 rings (SSSR count). The summed E-state index contributed by atoms with van der Waals surface area (Å²) in [6.07, 6.45) is 0.173. The Labute approximate surface area is 164 Å². The Hall–Kier alpha value is -2.04. The molecule has 138 valence electrons. The maximum absolute atomic E-state index is 12.4. The summed E-state index contributed by atoms with van der Waals surface area (Å²) in [5.74, 6) is -0.315. The van der Waals surface area contributed by atoms with Crippen LogP contribution < -0.4 is 10.2 Å². The Morgan fingerprint density at radius 2 is 1.62 bits per heavy atom. The molecule has 26 heavy (non-hydrogen) atoms. The van der Waals surface area contributed by atoms with Crippen molar-refractivity contribution >= 4 is 46.4 Å². The van der Waals surface area contributed by atoms with E-state index in [1.165, 1.54) is 11.8 Å². The van der Waals surface area contributed by atoms with E-state index in [1.807, 2.05) is 32.9 Å². The van der Waals surface area contributed by atoms with E-state index in [9.17, 15) is 9.59 Å². The lowest BCUT2D eigenvalue weighted by Gasteiger charge is -2.22.